The Bertz CT molecular complexity index is 608. The molecule has 0 aliphatic carbocycles. The van der Waals surface area contributed by atoms with Gasteiger partial charge in [-0.15, -0.1) is 24.0 Å². The predicted octanol–water partition coefficient (Wildman–Crippen LogP) is 4.05. The third-order valence-corrected chi connectivity index (χ3v) is 5.17. The Hall–Kier alpha value is -0.740. The summed E-state index contributed by atoms with van der Waals surface area (Å²) in [6, 6.07) is 3.89. The van der Waals surface area contributed by atoms with Gasteiger partial charge in [-0.1, -0.05) is 15.9 Å². The average Bonchev–Trinajstić information content (AvgIpc) is 2.66. The van der Waals surface area contributed by atoms with Crippen LogP contribution in [0.4, 0.5) is 0 Å². The number of hydrogen-bond acceptors (Lipinski definition) is 4. The standard InChI is InChI=1S/C19H30BrN3O3.HI/c1-5-21-19(23-9-7-15(8-10-23)26-6-2)22-13-14-11-17(24-3)18(25-4)12-16(14)20;/h11-12,15H,5-10,13H2,1-4H3,(H,21,22);1H. The zero-order valence-electron chi connectivity index (χ0n) is 16.6. The summed E-state index contributed by atoms with van der Waals surface area (Å²) in [4.78, 5) is 7.15. The monoisotopic (exact) mass is 555 g/mol. The lowest BCUT2D eigenvalue weighted by Gasteiger charge is -2.34. The molecule has 0 unspecified atom stereocenters. The third kappa shape index (κ3) is 6.98. The van der Waals surface area contributed by atoms with Gasteiger partial charge in [0.2, 0.25) is 0 Å². The van der Waals surface area contributed by atoms with Crippen LogP contribution >= 0.6 is 39.9 Å². The summed E-state index contributed by atoms with van der Waals surface area (Å²) in [5.41, 5.74) is 1.06. The molecular weight excluding hydrogens is 525 g/mol. The van der Waals surface area contributed by atoms with Crippen molar-refractivity contribution in [2.24, 2.45) is 4.99 Å². The molecule has 1 aromatic rings. The van der Waals surface area contributed by atoms with Crippen LogP contribution < -0.4 is 14.8 Å². The molecule has 6 nitrogen and oxygen atoms in total. The summed E-state index contributed by atoms with van der Waals surface area (Å²) in [6.07, 6.45) is 2.45. The van der Waals surface area contributed by atoms with Crippen molar-refractivity contribution in [1.82, 2.24) is 10.2 Å². The summed E-state index contributed by atoms with van der Waals surface area (Å²) in [5.74, 6) is 2.37. The molecule has 0 bridgehead atoms. The van der Waals surface area contributed by atoms with Gasteiger partial charge in [-0.2, -0.15) is 0 Å². The Morgan fingerprint density at radius 1 is 1.19 bits per heavy atom. The fraction of sp³-hybridized carbons (Fsp3) is 0.632. The number of rotatable bonds is 7. The molecule has 1 heterocycles. The van der Waals surface area contributed by atoms with Crippen LogP contribution in [-0.4, -0.2) is 57.4 Å². The summed E-state index contributed by atoms with van der Waals surface area (Å²) >= 11 is 3.61. The van der Waals surface area contributed by atoms with E-state index < -0.39 is 0 Å². The minimum absolute atomic E-state index is 0. The summed E-state index contributed by atoms with van der Waals surface area (Å²) in [7, 11) is 3.28. The van der Waals surface area contributed by atoms with E-state index in [1.165, 1.54) is 0 Å². The van der Waals surface area contributed by atoms with E-state index >= 15 is 0 Å². The molecule has 1 saturated heterocycles. The van der Waals surface area contributed by atoms with E-state index in [4.69, 9.17) is 19.2 Å². The molecule has 1 aromatic carbocycles. The zero-order chi connectivity index (χ0) is 18.9. The molecule has 1 fully saturated rings. The SMILES string of the molecule is CCNC(=NCc1cc(OC)c(OC)cc1Br)N1CCC(OCC)CC1.I. The van der Waals surface area contributed by atoms with Gasteiger partial charge in [0.1, 0.15) is 0 Å². The number of likely N-dealkylation sites (tertiary alicyclic amines) is 1. The normalized spacial score (nSPS) is 15.3. The molecule has 1 N–H and O–H groups in total. The lowest BCUT2D eigenvalue weighted by atomic mass is 10.1. The Kier molecular flexibility index (Phi) is 11.4. The molecular formula is C19H31BrIN3O3. The molecule has 0 radical (unpaired) electrons. The van der Waals surface area contributed by atoms with Crippen molar-refractivity contribution in [3.8, 4) is 11.5 Å². The zero-order valence-corrected chi connectivity index (χ0v) is 20.5. The minimum Gasteiger partial charge on any atom is -0.493 e. The summed E-state index contributed by atoms with van der Waals surface area (Å²) in [6.45, 7) is 8.26. The van der Waals surface area contributed by atoms with E-state index in [0.29, 0.717) is 24.1 Å². The van der Waals surface area contributed by atoms with Crippen LogP contribution in [0.5, 0.6) is 11.5 Å². The van der Waals surface area contributed by atoms with Gasteiger partial charge in [0, 0.05) is 30.7 Å². The first-order valence-electron chi connectivity index (χ1n) is 9.18. The molecule has 0 saturated carbocycles. The van der Waals surface area contributed by atoms with Crippen LogP contribution in [0.25, 0.3) is 0 Å². The Labute approximate surface area is 188 Å². The molecule has 0 amide bonds. The number of methoxy groups -OCH3 is 2. The van der Waals surface area contributed by atoms with Crippen LogP contribution in [0.2, 0.25) is 0 Å². The molecule has 0 spiro atoms. The van der Waals surface area contributed by atoms with Crippen molar-refractivity contribution in [3.05, 3.63) is 22.2 Å². The van der Waals surface area contributed by atoms with Crippen molar-refractivity contribution >= 4 is 45.9 Å². The highest BCUT2D eigenvalue weighted by Gasteiger charge is 2.21. The highest BCUT2D eigenvalue weighted by molar-refractivity contribution is 14.0. The highest BCUT2D eigenvalue weighted by atomic mass is 127. The average molecular weight is 556 g/mol. The van der Waals surface area contributed by atoms with Gasteiger partial charge in [0.15, 0.2) is 17.5 Å². The first-order valence-corrected chi connectivity index (χ1v) is 9.97. The second kappa shape index (κ2) is 12.7. The number of aliphatic imine (C=N–C) groups is 1. The quantitative estimate of drug-likeness (QED) is 0.312. The van der Waals surface area contributed by atoms with E-state index in [9.17, 15) is 0 Å². The predicted molar refractivity (Wildman–Crippen MR) is 124 cm³/mol. The van der Waals surface area contributed by atoms with Crippen LogP contribution in [0.3, 0.4) is 0 Å². The topological polar surface area (TPSA) is 55.3 Å². The second-order valence-corrected chi connectivity index (χ2v) is 6.96. The fourth-order valence-corrected chi connectivity index (χ4v) is 3.52. The second-order valence-electron chi connectivity index (χ2n) is 6.11. The molecule has 1 aliphatic heterocycles. The lowest BCUT2D eigenvalue weighted by molar-refractivity contribution is 0.0263. The van der Waals surface area contributed by atoms with Crippen molar-refractivity contribution in [2.45, 2.75) is 39.3 Å². The van der Waals surface area contributed by atoms with Crippen LogP contribution in [0.1, 0.15) is 32.3 Å². The van der Waals surface area contributed by atoms with Crippen molar-refractivity contribution in [3.63, 3.8) is 0 Å². The van der Waals surface area contributed by atoms with E-state index in [0.717, 1.165) is 55.1 Å². The van der Waals surface area contributed by atoms with Gasteiger partial charge in [-0.05, 0) is 44.4 Å². The highest BCUT2D eigenvalue weighted by Crippen LogP contribution is 2.33. The maximum atomic E-state index is 5.74. The Morgan fingerprint density at radius 3 is 2.37 bits per heavy atom. The van der Waals surface area contributed by atoms with Gasteiger partial charge in [-0.25, -0.2) is 4.99 Å². The van der Waals surface area contributed by atoms with E-state index in [1.807, 2.05) is 12.1 Å². The van der Waals surface area contributed by atoms with Gasteiger partial charge in [0.05, 0.1) is 26.9 Å². The number of guanidine groups is 1. The van der Waals surface area contributed by atoms with Crippen molar-refractivity contribution < 1.29 is 14.2 Å². The number of nitrogens with one attached hydrogen (secondary N) is 1. The Balaban J connectivity index is 0.00000364. The molecule has 154 valence electrons. The lowest BCUT2D eigenvalue weighted by Crippen LogP contribution is -2.47. The van der Waals surface area contributed by atoms with E-state index in [-0.39, 0.29) is 24.0 Å². The molecule has 27 heavy (non-hydrogen) atoms. The first kappa shape index (κ1) is 24.3. The first-order chi connectivity index (χ1) is 12.6. The van der Waals surface area contributed by atoms with Crippen molar-refractivity contribution in [1.29, 1.82) is 0 Å². The summed E-state index contributed by atoms with van der Waals surface area (Å²) in [5, 5.41) is 3.40. The van der Waals surface area contributed by atoms with Crippen molar-refractivity contribution in [2.75, 3.05) is 40.5 Å². The van der Waals surface area contributed by atoms with E-state index in [1.54, 1.807) is 14.2 Å². The number of ether oxygens (including phenoxy) is 3. The van der Waals surface area contributed by atoms with Gasteiger partial charge in [-0.3, -0.25) is 0 Å². The minimum atomic E-state index is 0. The number of nitrogens with zero attached hydrogens (tertiary/aromatic N) is 2. The van der Waals surface area contributed by atoms with Gasteiger partial charge >= 0.3 is 0 Å². The molecule has 0 aromatic heterocycles. The number of halogens is 2. The molecule has 8 heteroatoms. The number of piperidine rings is 1. The smallest absolute Gasteiger partial charge is 0.194 e. The van der Waals surface area contributed by atoms with Gasteiger partial charge in [0.25, 0.3) is 0 Å². The Morgan fingerprint density at radius 2 is 1.81 bits per heavy atom. The van der Waals surface area contributed by atoms with Gasteiger partial charge < -0.3 is 24.4 Å². The fourth-order valence-electron chi connectivity index (χ4n) is 3.07. The maximum absolute atomic E-state index is 5.74. The largest absolute Gasteiger partial charge is 0.493 e. The van der Waals surface area contributed by atoms with Crippen LogP contribution in [0, 0.1) is 0 Å². The third-order valence-electron chi connectivity index (χ3n) is 4.43. The number of hydrogen-bond donors (Lipinski definition) is 1. The van der Waals surface area contributed by atoms with E-state index in [2.05, 4.69) is 40.0 Å². The van der Waals surface area contributed by atoms with Crippen LogP contribution in [0.15, 0.2) is 21.6 Å². The molecule has 0 atom stereocenters. The molecule has 1 aliphatic rings. The maximum Gasteiger partial charge on any atom is 0.194 e. The molecule has 2 rings (SSSR count). The number of benzene rings is 1. The van der Waals surface area contributed by atoms with Crippen LogP contribution in [-0.2, 0) is 11.3 Å². The summed E-state index contributed by atoms with van der Waals surface area (Å²) < 4.78 is 17.4.